The fraction of sp³-hybridized carbons (Fsp3) is 0.467. The highest BCUT2D eigenvalue weighted by molar-refractivity contribution is 6.30. The van der Waals surface area contributed by atoms with Gasteiger partial charge >= 0.3 is 6.03 Å². The average Bonchev–Trinajstić information content (AvgIpc) is 2.76. The maximum atomic E-state index is 12.5. The van der Waals surface area contributed by atoms with Crippen molar-refractivity contribution in [2.75, 3.05) is 11.4 Å². The van der Waals surface area contributed by atoms with Crippen LogP contribution < -0.4 is 4.90 Å². The Kier molecular flexibility index (Phi) is 3.66. The second-order valence-corrected chi connectivity index (χ2v) is 5.84. The molecular weight excluding hydrogens is 276 g/mol. The number of benzene rings is 1. The van der Waals surface area contributed by atoms with Crippen LogP contribution in [0.25, 0.3) is 0 Å². The number of urea groups is 1. The number of halogens is 1. The number of carbonyl (C=O) groups is 2. The van der Waals surface area contributed by atoms with Gasteiger partial charge in [-0.25, -0.2) is 4.79 Å². The Hall–Kier alpha value is -1.55. The van der Waals surface area contributed by atoms with Gasteiger partial charge in [0.1, 0.15) is 6.54 Å². The van der Waals surface area contributed by atoms with Crippen LogP contribution >= 0.6 is 11.6 Å². The van der Waals surface area contributed by atoms with Crippen LogP contribution in [0.3, 0.4) is 0 Å². The van der Waals surface area contributed by atoms with Crippen molar-refractivity contribution in [2.24, 2.45) is 0 Å². The van der Waals surface area contributed by atoms with Crippen molar-refractivity contribution < 1.29 is 9.59 Å². The number of rotatable bonds is 2. The van der Waals surface area contributed by atoms with E-state index in [1.807, 2.05) is 0 Å². The molecule has 4 nitrogen and oxygen atoms in total. The summed E-state index contributed by atoms with van der Waals surface area (Å²) in [7, 11) is 0. The Labute approximate surface area is 123 Å². The molecule has 1 heterocycles. The van der Waals surface area contributed by atoms with Gasteiger partial charge in [-0.05, 0) is 37.1 Å². The van der Waals surface area contributed by atoms with Crippen molar-refractivity contribution in [3.05, 3.63) is 29.3 Å². The quantitative estimate of drug-likeness (QED) is 0.784. The van der Waals surface area contributed by atoms with Crippen molar-refractivity contribution in [2.45, 2.75) is 38.1 Å². The number of nitrogens with zero attached hydrogens (tertiary/aromatic N) is 2. The molecule has 0 unspecified atom stereocenters. The van der Waals surface area contributed by atoms with Gasteiger partial charge in [-0.1, -0.05) is 30.9 Å². The maximum Gasteiger partial charge on any atom is 0.331 e. The van der Waals surface area contributed by atoms with E-state index in [1.165, 1.54) is 16.2 Å². The summed E-state index contributed by atoms with van der Waals surface area (Å²) in [6, 6.07) is 6.91. The first-order chi connectivity index (χ1) is 9.66. The molecule has 106 valence electrons. The summed E-state index contributed by atoms with van der Waals surface area (Å²) in [5.41, 5.74) is 0.728. The molecule has 3 amide bonds. The molecule has 0 atom stereocenters. The minimum atomic E-state index is -0.191. The van der Waals surface area contributed by atoms with Crippen molar-refractivity contribution in [1.29, 1.82) is 0 Å². The molecule has 0 radical (unpaired) electrons. The fourth-order valence-electron chi connectivity index (χ4n) is 3.04. The second-order valence-electron chi connectivity index (χ2n) is 5.40. The van der Waals surface area contributed by atoms with Crippen LogP contribution in [0.1, 0.15) is 32.1 Å². The predicted octanol–water partition coefficient (Wildman–Crippen LogP) is 3.44. The van der Waals surface area contributed by atoms with E-state index in [0.717, 1.165) is 31.4 Å². The lowest BCUT2D eigenvalue weighted by Gasteiger charge is -2.29. The van der Waals surface area contributed by atoms with Crippen LogP contribution in [0.4, 0.5) is 10.5 Å². The normalized spacial score (nSPS) is 20.9. The third kappa shape index (κ3) is 2.40. The van der Waals surface area contributed by atoms with Gasteiger partial charge in [0.2, 0.25) is 0 Å². The van der Waals surface area contributed by atoms with Crippen LogP contribution in [-0.4, -0.2) is 29.4 Å². The molecule has 1 aromatic carbocycles. The monoisotopic (exact) mass is 292 g/mol. The molecule has 0 aromatic heterocycles. The number of amides is 3. The molecule has 0 N–H and O–H groups in total. The zero-order valence-corrected chi connectivity index (χ0v) is 12.0. The topological polar surface area (TPSA) is 40.6 Å². The predicted molar refractivity (Wildman–Crippen MR) is 77.9 cm³/mol. The van der Waals surface area contributed by atoms with Crippen LogP contribution in [0.5, 0.6) is 0 Å². The van der Waals surface area contributed by atoms with Crippen molar-refractivity contribution >= 4 is 29.2 Å². The molecule has 1 aliphatic heterocycles. The fourth-order valence-corrected chi connectivity index (χ4v) is 3.16. The van der Waals surface area contributed by atoms with Crippen molar-refractivity contribution in [1.82, 2.24) is 4.90 Å². The Morgan fingerprint density at radius 1 is 1.00 bits per heavy atom. The second kappa shape index (κ2) is 5.44. The Morgan fingerprint density at radius 2 is 1.65 bits per heavy atom. The van der Waals surface area contributed by atoms with Gasteiger partial charge in [0, 0.05) is 16.8 Å². The number of anilines is 1. The van der Waals surface area contributed by atoms with E-state index in [1.54, 1.807) is 24.3 Å². The summed E-state index contributed by atoms with van der Waals surface area (Å²) in [6.07, 6.45) is 5.27. The first-order valence-corrected chi connectivity index (χ1v) is 7.44. The molecule has 2 aliphatic rings. The lowest BCUT2D eigenvalue weighted by atomic mass is 9.94. The standard InChI is InChI=1S/C15H17ClN2O2/c16-11-6-8-12(9-7-11)17-10-14(19)18(15(17)20)13-4-2-1-3-5-13/h6-9,13H,1-5,10H2. The molecule has 5 heteroatoms. The third-order valence-electron chi connectivity index (χ3n) is 4.08. The van der Waals surface area contributed by atoms with Crippen LogP contribution in [0.2, 0.25) is 5.02 Å². The minimum absolute atomic E-state index is 0.0843. The molecule has 1 aliphatic carbocycles. The summed E-state index contributed by atoms with van der Waals surface area (Å²) in [4.78, 5) is 27.7. The summed E-state index contributed by atoms with van der Waals surface area (Å²) < 4.78 is 0. The number of imide groups is 1. The van der Waals surface area contributed by atoms with Crippen molar-refractivity contribution in [3.8, 4) is 0 Å². The number of hydrogen-bond acceptors (Lipinski definition) is 2. The van der Waals surface area contributed by atoms with E-state index in [0.29, 0.717) is 5.02 Å². The number of hydrogen-bond donors (Lipinski definition) is 0. The Balaban J connectivity index is 1.80. The lowest BCUT2D eigenvalue weighted by Crippen LogP contribution is -2.42. The van der Waals surface area contributed by atoms with E-state index < -0.39 is 0 Å². The van der Waals surface area contributed by atoms with Gasteiger partial charge in [0.25, 0.3) is 5.91 Å². The Morgan fingerprint density at radius 3 is 2.30 bits per heavy atom. The Bertz CT molecular complexity index is 523. The summed E-state index contributed by atoms with van der Waals surface area (Å²) in [6.45, 7) is 0.136. The first kappa shape index (κ1) is 13.4. The maximum absolute atomic E-state index is 12.5. The van der Waals surface area contributed by atoms with Gasteiger partial charge < -0.3 is 0 Å². The molecule has 3 rings (SSSR count). The van der Waals surface area contributed by atoms with Gasteiger partial charge in [-0.15, -0.1) is 0 Å². The highest BCUT2D eigenvalue weighted by atomic mass is 35.5. The van der Waals surface area contributed by atoms with E-state index >= 15 is 0 Å². The van der Waals surface area contributed by atoms with E-state index in [4.69, 9.17) is 11.6 Å². The molecule has 1 aromatic rings. The molecule has 1 saturated heterocycles. The zero-order chi connectivity index (χ0) is 14.1. The third-order valence-corrected chi connectivity index (χ3v) is 4.33. The molecule has 0 spiro atoms. The highest BCUT2D eigenvalue weighted by Crippen LogP contribution is 2.29. The summed E-state index contributed by atoms with van der Waals surface area (Å²) in [5, 5.41) is 0.621. The van der Waals surface area contributed by atoms with Gasteiger partial charge in [-0.3, -0.25) is 14.6 Å². The summed E-state index contributed by atoms with van der Waals surface area (Å²) in [5.74, 6) is -0.0862. The van der Waals surface area contributed by atoms with Gasteiger partial charge in [0.15, 0.2) is 0 Å². The van der Waals surface area contributed by atoms with E-state index in [2.05, 4.69) is 0 Å². The SMILES string of the molecule is O=C1CN(c2ccc(Cl)cc2)C(=O)N1C1CCCCC1. The first-order valence-electron chi connectivity index (χ1n) is 7.06. The molecule has 0 bridgehead atoms. The molecule has 2 fully saturated rings. The zero-order valence-electron chi connectivity index (χ0n) is 11.2. The smallest absolute Gasteiger partial charge is 0.285 e. The largest absolute Gasteiger partial charge is 0.331 e. The molecule has 20 heavy (non-hydrogen) atoms. The lowest BCUT2D eigenvalue weighted by molar-refractivity contribution is -0.126. The molecule has 1 saturated carbocycles. The van der Waals surface area contributed by atoms with Crippen LogP contribution in [-0.2, 0) is 4.79 Å². The van der Waals surface area contributed by atoms with Gasteiger partial charge in [0.05, 0.1) is 0 Å². The van der Waals surface area contributed by atoms with Crippen molar-refractivity contribution in [3.63, 3.8) is 0 Å². The highest BCUT2D eigenvalue weighted by Gasteiger charge is 2.41. The minimum Gasteiger partial charge on any atom is -0.285 e. The van der Waals surface area contributed by atoms with Crippen LogP contribution in [0.15, 0.2) is 24.3 Å². The number of carbonyl (C=O) groups excluding carboxylic acids is 2. The summed E-state index contributed by atoms with van der Waals surface area (Å²) >= 11 is 5.85. The average molecular weight is 293 g/mol. The molecular formula is C15H17ClN2O2. The van der Waals surface area contributed by atoms with Gasteiger partial charge in [-0.2, -0.15) is 0 Å². The van der Waals surface area contributed by atoms with E-state index in [9.17, 15) is 9.59 Å². The van der Waals surface area contributed by atoms with E-state index in [-0.39, 0.29) is 24.5 Å². The van der Waals surface area contributed by atoms with Crippen LogP contribution in [0, 0.1) is 0 Å².